The van der Waals surface area contributed by atoms with Gasteiger partial charge in [0.15, 0.2) is 5.82 Å². The van der Waals surface area contributed by atoms with Crippen LogP contribution in [-0.2, 0) is 12.0 Å². The van der Waals surface area contributed by atoms with Gasteiger partial charge in [0.05, 0.1) is 6.54 Å². The Labute approximate surface area is 78.7 Å². The van der Waals surface area contributed by atoms with E-state index in [0.29, 0.717) is 6.54 Å². The monoisotopic (exact) mass is 183 g/mol. The van der Waals surface area contributed by atoms with Crippen LogP contribution in [0.1, 0.15) is 38.9 Å². The molecule has 0 saturated carbocycles. The van der Waals surface area contributed by atoms with Crippen LogP contribution in [-0.4, -0.2) is 17.2 Å². The number of hydrogen-bond donors (Lipinski definition) is 1. The molecule has 13 heavy (non-hydrogen) atoms. The van der Waals surface area contributed by atoms with Crippen molar-refractivity contribution in [2.45, 2.75) is 39.2 Å². The Kier molecular flexibility index (Phi) is 3.03. The lowest BCUT2D eigenvalue weighted by Gasteiger charge is -2.15. The van der Waals surface area contributed by atoms with Crippen molar-refractivity contribution in [3.05, 3.63) is 11.7 Å². The van der Waals surface area contributed by atoms with Crippen molar-refractivity contribution >= 4 is 0 Å². The van der Waals surface area contributed by atoms with E-state index in [1.807, 2.05) is 7.05 Å². The highest BCUT2D eigenvalue weighted by Gasteiger charge is 2.25. The third-order valence-electron chi connectivity index (χ3n) is 2.27. The Morgan fingerprint density at radius 2 is 2.15 bits per heavy atom. The first kappa shape index (κ1) is 10.2. The molecule has 1 rings (SSSR count). The Bertz CT molecular complexity index is 268. The summed E-state index contributed by atoms with van der Waals surface area (Å²) in [6.07, 6.45) is 0.994. The van der Waals surface area contributed by atoms with Crippen LogP contribution in [0.25, 0.3) is 0 Å². The van der Waals surface area contributed by atoms with E-state index >= 15 is 0 Å². The van der Waals surface area contributed by atoms with E-state index in [0.717, 1.165) is 18.1 Å². The average molecular weight is 183 g/mol. The minimum Gasteiger partial charge on any atom is -0.339 e. The Balaban J connectivity index is 2.79. The zero-order valence-corrected chi connectivity index (χ0v) is 8.72. The molecule has 0 radical (unpaired) electrons. The molecule has 0 aliphatic heterocycles. The molecule has 0 fully saturated rings. The fourth-order valence-corrected chi connectivity index (χ4v) is 0.910. The van der Waals surface area contributed by atoms with E-state index in [9.17, 15) is 0 Å². The molecule has 0 amide bonds. The fourth-order valence-electron chi connectivity index (χ4n) is 0.910. The highest BCUT2D eigenvalue weighted by atomic mass is 16.5. The van der Waals surface area contributed by atoms with Gasteiger partial charge >= 0.3 is 0 Å². The highest BCUT2D eigenvalue weighted by Crippen LogP contribution is 2.24. The van der Waals surface area contributed by atoms with Gasteiger partial charge < -0.3 is 9.84 Å². The van der Waals surface area contributed by atoms with Crippen LogP contribution in [0.3, 0.4) is 0 Å². The van der Waals surface area contributed by atoms with Crippen molar-refractivity contribution in [1.82, 2.24) is 15.5 Å². The Hall–Kier alpha value is -0.900. The van der Waals surface area contributed by atoms with Gasteiger partial charge in [0.1, 0.15) is 0 Å². The van der Waals surface area contributed by atoms with Gasteiger partial charge in [-0.25, -0.2) is 0 Å². The molecule has 1 aromatic rings. The second kappa shape index (κ2) is 3.87. The molecule has 0 aliphatic rings. The number of aromatic nitrogens is 2. The molecule has 0 saturated heterocycles. The summed E-state index contributed by atoms with van der Waals surface area (Å²) >= 11 is 0. The SMILES string of the molecule is CCC(C)(C)c1nc(CNC)no1. The van der Waals surface area contributed by atoms with E-state index in [2.05, 4.69) is 36.2 Å². The summed E-state index contributed by atoms with van der Waals surface area (Å²) in [5.41, 5.74) is -0.0149. The molecule has 74 valence electrons. The van der Waals surface area contributed by atoms with Crippen LogP contribution in [0.15, 0.2) is 4.52 Å². The minimum absolute atomic E-state index is 0.0149. The number of hydrogen-bond acceptors (Lipinski definition) is 4. The van der Waals surface area contributed by atoms with Gasteiger partial charge in [-0.05, 0) is 13.5 Å². The highest BCUT2D eigenvalue weighted by molar-refractivity contribution is 4.99. The molecule has 4 heteroatoms. The molecule has 0 atom stereocenters. The molecule has 1 heterocycles. The number of nitrogens with zero attached hydrogens (tertiary/aromatic N) is 2. The predicted molar refractivity (Wildman–Crippen MR) is 50.4 cm³/mol. The summed E-state index contributed by atoms with van der Waals surface area (Å²) in [5.74, 6) is 1.44. The Morgan fingerprint density at radius 3 is 2.69 bits per heavy atom. The van der Waals surface area contributed by atoms with Crippen molar-refractivity contribution in [3.63, 3.8) is 0 Å². The van der Waals surface area contributed by atoms with Crippen LogP contribution in [0.5, 0.6) is 0 Å². The third-order valence-corrected chi connectivity index (χ3v) is 2.27. The van der Waals surface area contributed by atoms with Crippen molar-refractivity contribution < 1.29 is 4.52 Å². The van der Waals surface area contributed by atoms with Crippen LogP contribution in [0.4, 0.5) is 0 Å². The van der Waals surface area contributed by atoms with Gasteiger partial charge in [-0.3, -0.25) is 0 Å². The van der Waals surface area contributed by atoms with Crippen molar-refractivity contribution in [2.75, 3.05) is 7.05 Å². The maximum atomic E-state index is 5.17. The maximum Gasteiger partial charge on any atom is 0.232 e. The second-order valence-corrected chi connectivity index (χ2v) is 3.78. The van der Waals surface area contributed by atoms with E-state index in [1.54, 1.807) is 0 Å². The molecule has 0 unspecified atom stereocenters. The third kappa shape index (κ3) is 2.28. The summed E-state index contributed by atoms with van der Waals surface area (Å²) in [6, 6.07) is 0. The standard InChI is InChI=1S/C9H17N3O/c1-5-9(2,3)8-11-7(6-10-4)12-13-8/h10H,5-6H2,1-4H3. The summed E-state index contributed by atoms with van der Waals surface area (Å²) in [4.78, 5) is 4.30. The Morgan fingerprint density at radius 1 is 1.46 bits per heavy atom. The summed E-state index contributed by atoms with van der Waals surface area (Å²) in [7, 11) is 1.86. The lowest BCUT2D eigenvalue weighted by Crippen LogP contribution is -2.16. The molecule has 1 N–H and O–H groups in total. The minimum atomic E-state index is -0.0149. The van der Waals surface area contributed by atoms with Gasteiger partial charge in [0.2, 0.25) is 5.89 Å². The lowest BCUT2D eigenvalue weighted by molar-refractivity contribution is 0.299. The second-order valence-electron chi connectivity index (χ2n) is 3.78. The van der Waals surface area contributed by atoms with Gasteiger partial charge in [-0.1, -0.05) is 25.9 Å². The smallest absolute Gasteiger partial charge is 0.232 e. The quantitative estimate of drug-likeness (QED) is 0.768. The summed E-state index contributed by atoms with van der Waals surface area (Å²) in [6.45, 7) is 6.97. The van der Waals surface area contributed by atoms with E-state index < -0.39 is 0 Å². The van der Waals surface area contributed by atoms with E-state index in [4.69, 9.17) is 4.52 Å². The first-order valence-electron chi connectivity index (χ1n) is 4.58. The van der Waals surface area contributed by atoms with Gasteiger partial charge in [-0.15, -0.1) is 0 Å². The molecular formula is C9H17N3O. The molecule has 0 bridgehead atoms. The number of nitrogens with one attached hydrogen (secondary N) is 1. The molecule has 4 nitrogen and oxygen atoms in total. The fraction of sp³-hybridized carbons (Fsp3) is 0.778. The lowest BCUT2D eigenvalue weighted by atomic mass is 9.90. The molecule has 1 aromatic heterocycles. The summed E-state index contributed by atoms with van der Waals surface area (Å²) in [5, 5.41) is 6.85. The molecule has 0 aliphatic carbocycles. The van der Waals surface area contributed by atoms with Crippen LogP contribution >= 0.6 is 0 Å². The van der Waals surface area contributed by atoms with Crippen LogP contribution in [0.2, 0.25) is 0 Å². The van der Waals surface area contributed by atoms with E-state index in [1.165, 1.54) is 0 Å². The van der Waals surface area contributed by atoms with Crippen molar-refractivity contribution in [2.24, 2.45) is 0 Å². The van der Waals surface area contributed by atoms with Gasteiger partial charge in [0.25, 0.3) is 0 Å². The maximum absolute atomic E-state index is 5.17. The molecule has 0 spiro atoms. The number of rotatable bonds is 4. The summed E-state index contributed by atoms with van der Waals surface area (Å²) < 4.78 is 5.17. The van der Waals surface area contributed by atoms with Crippen molar-refractivity contribution in [1.29, 1.82) is 0 Å². The average Bonchev–Trinajstić information content (AvgIpc) is 2.54. The zero-order chi connectivity index (χ0) is 9.90. The topological polar surface area (TPSA) is 51.0 Å². The van der Waals surface area contributed by atoms with Crippen LogP contribution < -0.4 is 5.32 Å². The van der Waals surface area contributed by atoms with Crippen molar-refractivity contribution in [3.8, 4) is 0 Å². The zero-order valence-electron chi connectivity index (χ0n) is 8.72. The first-order valence-corrected chi connectivity index (χ1v) is 4.58. The largest absolute Gasteiger partial charge is 0.339 e. The molecular weight excluding hydrogens is 166 g/mol. The van der Waals surface area contributed by atoms with Gasteiger partial charge in [-0.2, -0.15) is 4.98 Å². The van der Waals surface area contributed by atoms with Crippen LogP contribution in [0, 0.1) is 0 Å². The predicted octanol–water partition coefficient (Wildman–Crippen LogP) is 1.48. The van der Waals surface area contributed by atoms with E-state index in [-0.39, 0.29) is 5.41 Å². The normalized spacial score (nSPS) is 12.0. The molecule has 0 aromatic carbocycles. The van der Waals surface area contributed by atoms with Gasteiger partial charge in [0, 0.05) is 5.41 Å². The first-order chi connectivity index (χ1) is 6.10.